The second kappa shape index (κ2) is 35.4. The summed E-state index contributed by atoms with van der Waals surface area (Å²) in [6.07, 6.45) is 11.9. The molecule has 0 spiro atoms. The molecule has 3 atom stereocenters. The normalized spacial score (nSPS) is 20.1. The number of aryl methyl sites for hydroxylation is 12. The lowest BCUT2D eigenvalue weighted by molar-refractivity contribution is -0.187. The number of ether oxygens (including phenoxy) is 4. The molecule has 3 aliphatic carbocycles. The van der Waals surface area contributed by atoms with Crippen molar-refractivity contribution in [2.45, 2.75) is 216 Å². The summed E-state index contributed by atoms with van der Waals surface area (Å²) in [7, 11) is 0. The third-order valence-electron chi connectivity index (χ3n) is 20.1. The molecule has 498 valence electrons. The first kappa shape index (κ1) is 74.0. The Bertz CT molecular complexity index is 3690. The van der Waals surface area contributed by atoms with Crippen LogP contribution < -0.4 is 0 Å². The number of fused-ring (bicyclic) bond motifs is 6. The van der Waals surface area contributed by atoms with Crippen molar-refractivity contribution in [3.63, 3.8) is 0 Å². The summed E-state index contributed by atoms with van der Waals surface area (Å²) in [4.78, 5) is 0. The van der Waals surface area contributed by atoms with Crippen molar-refractivity contribution in [2.75, 3.05) is 26.4 Å². The van der Waals surface area contributed by atoms with Crippen LogP contribution in [-0.4, -0.2) is 39.0 Å². The molecule has 0 unspecified atom stereocenters. The summed E-state index contributed by atoms with van der Waals surface area (Å²) >= 11 is 0. The topological polar surface area (TPSA) is 36.9 Å². The van der Waals surface area contributed by atoms with Crippen LogP contribution in [0, 0.1) is 127 Å². The van der Waals surface area contributed by atoms with E-state index < -0.39 is 0 Å². The number of rotatable bonds is 0. The van der Waals surface area contributed by atoms with Crippen molar-refractivity contribution in [2.24, 2.45) is 29.6 Å². The summed E-state index contributed by atoms with van der Waals surface area (Å²) in [5, 5.41) is 8.13. The first-order valence-corrected chi connectivity index (χ1v) is 35.3. The molecule has 0 aromatic heterocycles. The fourth-order valence-electron chi connectivity index (χ4n) is 13.3. The maximum Gasteiger partial charge on any atom is 0.154 e. The molecular formula is C89H118O4. The highest BCUT2D eigenvalue weighted by atomic mass is 16.7. The van der Waals surface area contributed by atoms with Gasteiger partial charge in [-0.1, -0.05) is 196 Å². The highest BCUT2D eigenvalue weighted by Crippen LogP contribution is 2.33. The minimum Gasteiger partial charge on any atom is -0.353 e. The molecule has 9 aromatic rings. The molecule has 14 rings (SSSR count). The van der Waals surface area contributed by atoms with E-state index in [1.165, 1.54) is 162 Å². The molecule has 2 aliphatic heterocycles. The quantitative estimate of drug-likeness (QED) is 0.152. The minimum atomic E-state index is 0.0196. The zero-order valence-electron chi connectivity index (χ0n) is 61.6. The van der Waals surface area contributed by atoms with Crippen LogP contribution in [0.2, 0.25) is 0 Å². The maximum absolute atomic E-state index is 5.17. The Labute approximate surface area is 564 Å². The summed E-state index contributed by atoms with van der Waals surface area (Å²) in [5.41, 5.74) is 29.4. The van der Waals surface area contributed by atoms with Crippen LogP contribution in [0.15, 0.2) is 133 Å². The van der Waals surface area contributed by atoms with Crippen LogP contribution in [0.3, 0.4) is 0 Å². The van der Waals surface area contributed by atoms with E-state index in [2.05, 4.69) is 265 Å². The third-order valence-corrected chi connectivity index (χ3v) is 20.1. The van der Waals surface area contributed by atoms with E-state index in [0.29, 0.717) is 11.8 Å². The van der Waals surface area contributed by atoms with Gasteiger partial charge in [0.25, 0.3) is 0 Å². The molecule has 0 saturated carbocycles. The second-order valence-corrected chi connectivity index (χ2v) is 29.0. The lowest BCUT2D eigenvalue weighted by atomic mass is 9.80. The lowest BCUT2D eigenvalue weighted by Gasteiger charge is -2.25. The van der Waals surface area contributed by atoms with Gasteiger partial charge in [-0.2, -0.15) is 0 Å². The van der Waals surface area contributed by atoms with Crippen molar-refractivity contribution in [3.8, 4) is 0 Å². The standard InChI is InChI=1S/C14H20.C13H18.2C13H14.C12H16.C12H12.2C6H12O2/c1-9-5-6-14-12(4)11(3)10(2)8-13(14)7-9;3*1-9-4-7-13-11(3)10(2)5-6-12(13)8-9;2*1-9-3-5-12-8-10(2)4-6-11(12)7-9;2*1-5-3-7-6(2)8-4-5/h8-9H,5-7H2,1-4H3;5-6,9H,4,7-8H2,1-3H3;2*4-8H,1-3H3;3,5,7,10H,4,6,8H2,1-2H3;3-8H,1-2H3;2*5-6H,3-4H2,1-2H3/t2*9-;;;10-;;;/m00..0.../s1. The first-order chi connectivity index (χ1) is 44.2. The highest BCUT2D eigenvalue weighted by Gasteiger charge is 2.20. The Morgan fingerprint density at radius 3 is 1.06 bits per heavy atom. The van der Waals surface area contributed by atoms with Gasteiger partial charge in [0.15, 0.2) is 12.6 Å². The van der Waals surface area contributed by atoms with Crippen LogP contribution in [0.1, 0.15) is 179 Å². The molecule has 2 fully saturated rings. The zero-order chi connectivity index (χ0) is 67.6. The number of benzene rings is 9. The van der Waals surface area contributed by atoms with Crippen LogP contribution in [0.4, 0.5) is 0 Å². The van der Waals surface area contributed by atoms with Crippen LogP contribution in [0.5, 0.6) is 0 Å². The van der Waals surface area contributed by atoms with Crippen molar-refractivity contribution < 1.29 is 18.9 Å². The van der Waals surface area contributed by atoms with Gasteiger partial charge in [-0.25, -0.2) is 0 Å². The van der Waals surface area contributed by atoms with Crippen molar-refractivity contribution >= 4 is 32.3 Å². The van der Waals surface area contributed by atoms with Crippen molar-refractivity contribution in [1.82, 2.24) is 0 Å². The minimum absolute atomic E-state index is 0.0196. The predicted octanol–water partition coefficient (Wildman–Crippen LogP) is 23.3. The number of hydrogen-bond donors (Lipinski definition) is 0. The van der Waals surface area contributed by atoms with Gasteiger partial charge >= 0.3 is 0 Å². The van der Waals surface area contributed by atoms with E-state index in [4.69, 9.17) is 18.9 Å². The summed E-state index contributed by atoms with van der Waals surface area (Å²) in [6.45, 7) is 49.2. The van der Waals surface area contributed by atoms with Gasteiger partial charge in [0.05, 0.1) is 26.4 Å². The molecule has 0 bridgehead atoms. The Morgan fingerprint density at radius 2 is 0.602 bits per heavy atom. The van der Waals surface area contributed by atoms with Gasteiger partial charge in [-0.3, -0.25) is 0 Å². The Morgan fingerprint density at radius 1 is 0.258 bits per heavy atom. The molecule has 4 nitrogen and oxygen atoms in total. The Balaban J connectivity index is 0.000000151. The van der Waals surface area contributed by atoms with Crippen LogP contribution >= 0.6 is 0 Å². The summed E-state index contributed by atoms with van der Waals surface area (Å²) < 4.78 is 20.7. The average Bonchev–Trinajstić information content (AvgIpc) is 0.870. The molecule has 9 aromatic carbocycles. The molecule has 0 N–H and O–H groups in total. The molecule has 2 saturated heterocycles. The largest absolute Gasteiger partial charge is 0.353 e. The molecule has 0 radical (unpaired) electrons. The van der Waals surface area contributed by atoms with Gasteiger partial charge in [0.2, 0.25) is 0 Å². The molecule has 5 aliphatic rings. The lowest BCUT2D eigenvalue weighted by Crippen LogP contribution is -2.27. The smallest absolute Gasteiger partial charge is 0.154 e. The van der Waals surface area contributed by atoms with Gasteiger partial charge < -0.3 is 18.9 Å². The molecule has 93 heavy (non-hydrogen) atoms. The monoisotopic (exact) mass is 1250 g/mol. The Kier molecular flexibility index (Phi) is 28.1. The molecule has 0 amide bonds. The van der Waals surface area contributed by atoms with Gasteiger partial charge in [-0.05, 0) is 302 Å². The molecule has 4 heteroatoms. The fourth-order valence-corrected chi connectivity index (χ4v) is 13.3. The van der Waals surface area contributed by atoms with E-state index >= 15 is 0 Å². The van der Waals surface area contributed by atoms with Crippen LogP contribution in [0.25, 0.3) is 32.3 Å². The van der Waals surface area contributed by atoms with Gasteiger partial charge in [0.1, 0.15) is 0 Å². The maximum atomic E-state index is 5.17. The zero-order valence-corrected chi connectivity index (χ0v) is 61.6. The highest BCUT2D eigenvalue weighted by molar-refractivity contribution is 5.88. The SMILES string of the molecule is CC1COC(C)OC1.CC1COC(C)OC1.Cc1cc2c(c(C)c1C)CC[C@H](C)C2.Cc1ccc2c(C)c(C)ccc2c1.Cc1ccc2c(C)c(C)ccc2c1.Cc1ccc2c(c1)CC[C@H](C)C2.Cc1ccc2c(c1C)CC[C@H](C)C2.Cc1ccc2cc(C)ccc2c1. The van der Waals surface area contributed by atoms with Crippen molar-refractivity contribution in [3.05, 3.63) is 245 Å². The van der Waals surface area contributed by atoms with E-state index in [1.807, 2.05) is 13.8 Å². The second-order valence-electron chi connectivity index (χ2n) is 29.0. The number of hydrogen-bond acceptors (Lipinski definition) is 4. The van der Waals surface area contributed by atoms with Gasteiger partial charge in [-0.15, -0.1) is 0 Å². The first-order valence-electron chi connectivity index (χ1n) is 35.3. The van der Waals surface area contributed by atoms with E-state index in [-0.39, 0.29) is 12.6 Å². The summed E-state index contributed by atoms with van der Waals surface area (Å²) in [5.74, 6) is 3.80. The predicted molar refractivity (Wildman–Crippen MR) is 402 cm³/mol. The average molecular weight is 1250 g/mol. The third kappa shape index (κ3) is 22.1. The van der Waals surface area contributed by atoms with Gasteiger partial charge in [0, 0.05) is 11.8 Å². The summed E-state index contributed by atoms with van der Waals surface area (Å²) in [6, 6.07) is 49.0. The van der Waals surface area contributed by atoms with E-state index in [1.54, 1.807) is 38.9 Å². The van der Waals surface area contributed by atoms with Crippen molar-refractivity contribution in [1.29, 1.82) is 0 Å². The van der Waals surface area contributed by atoms with E-state index in [0.717, 1.165) is 44.2 Å². The van der Waals surface area contributed by atoms with Crippen LogP contribution in [-0.2, 0) is 57.5 Å². The molecular weight excluding hydrogens is 1130 g/mol. The van der Waals surface area contributed by atoms with E-state index in [9.17, 15) is 0 Å². The Hall–Kier alpha value is -6.40. The fraction of sp³-hybridized carbons (Fsp3) is 0.461. The molecule has 2 heterocycles.